The molecule has 0 spiro atoms. The van der Waals surface area contributed by atoms with E-state index >= 15 is 0 Å². The highest BCUT2D eigenvalue weighted by Gasteiger charge is 1.96. The molecule has 0 fully saturated rings. The van der Waals surface area contributed by atoms with Gasteiger partial charge in [0.25, 0.3) is 0 Å². The van der Waals surface area contributed by atoms with Crippen LogP contribution in [0, 0.1) is 0 Å². The Kier molecular flexibility index (Phi) is 3.88. The molecule has 0 aliphatic heterocycles. The van der Waals surface area contributed by atoms with Crippen molar-refractivity contribution in [3.63, 3.8) is 0 Å². The van der Waals surface area contributed by atoms with Crippen molar-refractivity contribution >= 4 is 18.1 Å². The quantitative estimate of drug-likeness (QED) is 0.849. The summed E-state index contributed by atoms with van der Waals surface area (Å²) >= 11 is 0. The highest BCUT2D eigenvalue weighted by molar-refractivity contribution is 5.85. The van der Waals surface area contributed by atoms with Crippen LogP contribution in [0.3, 0.4) is 0 Å². The number of hydrogen-bond acceptors (Lipinski definition) is 4. The first kappa shape index (κ1) is 11.3. The van der Waals surface area contributed by atoms with E-state index in [-0.39, 0.29) is 12.4 Å². The molecule has 0 aromatic carbocycles. The van der Waals surface area contributed by atoms with Gasteiger partial charge < -0.3 is 10.5 Å². The topological polar surface area (TPSA) is 61.0 Å². The SMILES string of the molecule is Cl.Nc1ccc(Oc2cccnc2)nc1. The zero-order valence-electron chi connectivity index (χ0n) is 7.83. The van der Waals surface area contributed by atoms with Crippen LogP contribution in [-0.2, 0) is 0 Å². The van der Waals surface area contributed by atoms with Crippen molar-refractivity contribution in [1.29, 1.82) is 0 Å². The van der Waals surface area contributed by atoms with Crippen LogP contribution >= 0.6 is 12.4 Å². The number of pyridine rings is 2. The summed E-state index contributed by atoms with van der Waals surface area (Å²) in [4.78, 5) is 7.92. The summed E-state index contributed by atoms with van der Waals surface area (Å²) in [6, 6.07) is 7.05. The number of nitrogens with two attached hydrogens (primary N) is 1. The number of anilines is 1. The Labute approximate surface area is 93.5 Å². The Bertz CT molecular complexity index is 405. The van der Waals surface area contributed by atoms with Crippen LogP contribution in [0.4, 0.5) is 5.69 Å². The Balaban J connectivity index is 0.00000112. The second-order valence-corrected chi connectivity index (χ2v) is 2.72. The van der Waals surface area contributed by atoms with Crippen LogP contribution in [0.5, 0.6) is 11.6 Å². The van der Waals surface area contributed by atoms with Crippen molar-refractivity contribution in [3.8, 4) is 11.6 Å². The zero-order valence-corrected chi connectivity index (χ0v) is 8.65. The smallest absolute Gasteiger partial charge is 0.219 e. The summed E-state index contributed by atoms with van der Waals surface area (Å²) in [5.74, 6) is 1.16. The molecule has 0 aliphatic rings. The molecule has 0 aliphatic carbocycles. The fraction of sp³-hybridized carbons (Fsp3) is 0. The van der Waals surface area contributed by atoms with E-state index in [1.165, 1.54) is 0 Å². The van der Waals surface area contributed by atoms with Crippen LogP contribution in [0.2, 0.25) is 0 Å². The Morgan fingerprint density at radius 1 is 1.13 bits per heavy atom. The summed E-state index contributed by atoms with van der Waals surface area (Å²) in [5, 5.41) is 0. The van der Waals surface area contributed by atoms with Gasteiger partial charge in [0.2, 0.25) is 5.88 Å². The molecule has 15 heavy (non-hydrogen) atoms. The molecule has 0 saturated carbocycles. The Hall–Kier alpha value is -1.81. The van der Waals surface area contributed by atoms with Crippen molar-refractivity contribution in [2.75, 3.05) is 5.73 Å². The first-order valence-corrected chi connectivity index (χ1v) is 4.14. The predicted molar refractivity (Wildman–Crippen MR) is 60.2 cm³/mol. The lowest BCUT2D eigenvalue weighted by atomic mass is 10.4. The standard InChI is InChI=1S/C10H9N3O.ClH/c11-8-3-4-10(13-6-8)14-9-2-1-5-12-7-9;/h1-7H,11H2;1H. The normalized spacial score (nSPS) is 9.07. The first-order chi connectivity index (χ1) is 6.84. The van der Waals surface area contributed by atoms with Gasteiger partial charge in [0, 0.05) is 12.3 Å². The minimum absolute atomic E-state index is 0. The molecule has 2 rings (SSSR count). The second kappa shape index (κ2) is 5.17. The molecule has 0 radical (unpaired) electrons. The molecule has 0 amide bonds. The van der Waals surface area contributed by atoms with Crippen molar-refractivity contribution in [2.24, 2.45) is 0 Å². The van der Waals surface area contributed by atoms with Gasteiger partial charge in [-0.25, -0.2) is 4.98 Å². The van der Waals surface area contributed by atoms with Crippen molar-refractivity contribution in [3.05, 3.63) is 42.9 Å². The van der Waals surface area contributed by atoms with Gasteiger partial charge in [-0.05, 0) is 18.2 Å². The Morgan fingerprint density at radius 3 is 2.60 bits per heavy atom. The van der Waals surface area contributed by atoms with Crippen molar-refractivity contribution < 1.29 is 4.74 Å². The summed E-state index contributed by atoms with van der Waals surface area (Å²) in [7, 11) is 0. The molecule has 2 N–H and O–H groups in total. The molecule has 0 saturated heterocycles. The van der Waals surface area contributed by atoms with Crippen LogP contribution in [0.15, 0.2) is 42.9 Å². The van der Waals surface area contributed by atoms with Crippen LogP contribution in [0.25, 0.3) is 0 Å². The number of aromatic nitrogens is 2. The summed E-state index contributed by atoms with van der Waals surface area (Å²) in [5.41, 5.74) is 6.10. The highest BCUT2D eigenvalue weighted by atomic mass is 35.5. The van der Waals surface area contributed by atoms with Crippen molar-refractivity contribution in [1.82, 2.24) is 9.97 Å². The molecule has 78 valence electrons. The van der Waals surface area contributed by atoms with E-state index < -0.39 is 0 Å². The van der Waals surface area contributed by atoms with E-state index in [2.05, 4.69) is 9.97 Å². The maximum atomic E-state index is 5.49. The molecular weight excluding hydrogens is 214 g/mol. The first-order valence-electron chi connectivity index (χ1n) is 4.14. The van der Waals surface area contributed by atoms with Crippen LogP contribution in [0.1, 0.15) is 0 Å². The molecule has 2 aromatic rings. The van der Waals surface area contributed by atoms with Crippen LogP contribution < -0.4 is 10.5 Å². The molecule has 4 nitrogen and oxygen atoms in total. The number of ether oxygens (including phenoxy) is 1. The van der Waals surface area contributed by atoms with Gasteiger partial charge in [0.05, 0.1) is 18.1 Å². The highest BCUT2D eigenvalue weighted by Crippen LogP contribution is 2.17. The third kappa shape index (κ3) is 3.11. The van der Waals surface area contributed by atoms with E-state index in [4.69, 9.17) is 10.5 Å². The Morgan fingerprint density at radius 2 is 2.00 bits per heavy atom. The van der Waals surface area contributed by atoms with Gasteiger partial charge in [-0.15, -0.1) is 12.4 Å². The lowest BCUT2D eigenvalue weighted by molar-refractivity contribution is 0.461. The molecule has 2 heterocycles. The monoisotopic (exact) mass is 223 g/mol. The lowest BCUT2D eigenvalue weighted by Crippen LogP contribution is -1.90. The van der Waals surface area contributed by atoms with E-state index in [9.17, 15) is 0 Å². The zero-order chi connectivity index (χ0) is 9.80. The van der Waals surface area contributed by atoms with Gasteiger partial charge in [0.15, 0.2) is 0 Å². The van der Waals surface area contributed by atoms with E-state index in [0.29, 0.717) is 17.3 Å². The molecule has 0 bridgehead atoms. The molecular formula is C10H10ClN3O. The number of hydrogen-bond donors (Lipinski definition) is 1. The minimum Gasteiger partial charge on any atom is -0.437 e. The average molecular weight is 224 g/mol. The fourth-order valence-corrected chi connectivity index (χ4v) is 0.980. The second-order valence-electron chi connectivity index (χ2n) is 2.72. The third-order valence-electron chi connectivity index (χ3n) is 1.62. The predicted octanol–water partition coefficient (Wildman–Crippen LogP) is 2.27. The van der Waals surface area contributed by atoms with Gasteiger partial charge in [-0.1, -0.05) is 0 Å². The minimum atomic E-state index is 0. The molecule has 5 heteroatoms. The van der Waals surface area contributed by atoms with E-state index in [0.717, 1.165) is 0 Å². The lowest BCUT2D eigenvalue weighted by Gasteiger charge is -2.02. The third-order valence-corrected chi connectivity index (χ3v) is 1.62. The molecule has 2 aromatic heterocycles. The number of nitrogens with zero attached hydrogens (tertiary/aromatic N) is 2. The summed E-state index contributed by atoms with van der Waals surface area (Å²) in [6.45, 7) is 0. The fourth-order valence-electron chi connectivity index (χ4n) is 0.980. The average Bonchev–Trinajstić information content (AvgIpc) is 2.23. The maximum absolute atomic E-state index is 5.49. The largest absolute Gasteiger partial charge is 0.437 e. The molecule has 0 unspecified atom stereocenters. The molecule has 0 atom stereocenters. The van der Waals surface area contributed by atoms with Gasteiger partial charge in [-0.3, -0.25) is 4.98 Å². The van der Waals surface area contributed by atoms with E-state index in [1.54, 1.807) is 36.8 Å². The van der Waals surface area contributed by atoms with Crippen molar-refractivity contribution in [2.45, 2.75) is 0 Å². The number of nitrogen functional groups attached to an aromatic ring is 1. The maximum Gasteiger partial charge on any atom is 0.219 e. The summed E-state index contributed by atoms with van der Waals surface area (Å²) < 4.78 is 5.40. The van der Waals surface area contributed by atoms with Gasteiger partial charge >= 0.3 is 0 Å². The number of halogens is 1. The summed E-state index contributed by atoms with van der Waals surface area (Å²) in [6.07, 6.45) is 4.85. The van der Waals surface area contributed by atoms with Gasteiger partial charge in [0.1, 0.15) is 5.75 Å². The van der Waals surface area contributed by atoms with Gasteiger partial charge in [-0.2, -0.15) is 0 Å². The van der Waals surface area contributed by atoms with Crippen LogP contribution in [-0.4, -0.2) is 9.97 Å². The number of rotatable bonds is 2. The van der Waals surface area contributed by atoms with E-state index in [1.807, 2.05) is 6.07 Å².